The molecular formula is C18H16ClN3O3. The van der Waals surface area contributed by atoms with Crippen LogP contribution in [0, 0.1) is 13.8 Å². The molecule has 0 atom stereocenters. The first-order chi connectivity index (χ1) is 11.9. The number of aryl methyl sites for hydroxylation is 2. The molecule has 128 valence electrons. The highest BCUT2D eigenvalue weighted by molar-refractivity contribution is 6.31. The van der Waals surface area contributed by atoms with Crippen LogP contribution in [0.4, 0.5) is 5.69 Å². The number of carbonyl (C=O) groups is 1. The predicted molar refractivity (Wildman–Crippen MR) is 96.9 cm³/mol. The van der Waals surface area contributed by atoms with E-state index >= 15 is 0 Å². The maximum absolute atomic E-state index is 12.7. The number of hydrogen-bond acceptors (Lipinski definition) is 4. The Morgan fingerprint density at radius 3 is 2.72 bits per heavy atom. The molecule has 0 aliphatic carbocycles. The number of fused-ring (bicyclic) bond motifs is 1. The van der Waals surface area contributed by atoms with Crippen molar-refractivity contribution in [1.29, 1.82) is 0 Å². The first-order valence-electron chi connectivity index (χ1n) is 7.55. The zero-order valence-electron chi connectivity index (χ0n) is 14.0. The molecule has 0 spiro atoms. The van der Waals surface area contributed by atoms with Gasteiger partial charge in [0.05, 0.1) is 18.4 Å². The van der Waals surface area contributed by atoms with Crippen LogP contribution in [-0.4, -0.2) is 22.4 Å². The molecule has 0 radical (unpaired) electrons. The SMILES string of the molecule is COc1ccc(Cl)cc1C(=O)Nc1c(C)nc2cc(C)ccn2c1=O. The molecule has 25 heavy (non-hydrogen) atoms. The highest BCUT2D eigenvalue weighted by atomic mass is 35.5. The van der Waals surface area contributed by atoms with Crippen molar-refractivity contribution in [3.05, 3.63) is 68.7 Å². The van der Waals surface area contributed by atoms with Crippen molar-refractivity contribution in [2.75, 3.05) is 12.4 Å². The number of benzene rings is 1. The molecule has 1 amide bonds. The number of carbonyl (C=O) groups excluding carboxylic acids is 1. The maximum Gasteiger partial charge on any atom is 0.281 e. The van der Waals surface area contributed by atoms with Crippen molar-refractivity contribution < 1.29 is 9.53 Å². The molecule has 1 N–H and O–H groups in total. The summed E-state index contributed by atoms with van der Waals surface area (Å²) < 4.78 is 6.58. The summed E-state index contributed by atoms with van der Waals surface area (Å²) in [6, 6.07) is 8.31. The van der Waals surface area contributed by atoms with Gasteiger partial charge in [0.1, 0.15) is 17.1 Å². The third kappa shape index (κ3) is 3.21. The Hall–Kier alpha value is -2.86. The fourth-order valence-corrected chi connectivity index (χ4v) is 2.71. The first kappa shape index (κ1) is 17.0. The minimum absolute atomic E-state index is 0.119. The Balaban J connectivity index is 2.06. The minimum Gasteiger partial charge on any atom is -0.496 e. The van der Waals surface area contributed by atoms with Gasteiger partial charge in [0.25, 0.3) is 11.5 Å². The van der Waals surface area contributed by atoms with Gasteiger partial charge in [-0.3, -0.25) is 14.0 Å². The van der Waals surface area contributed by atoms with Gasteiger partial charge in [-0.05, 0) is 49.7 Å². The number of aromatic nitrogens is 2. The van der Waals surface area contributed by atoms with E-state index in [0.29, 0.717) is 22.1 Å². The lowest BCUT2D eigenvalue weighted by molar-refractivity contribution is 0.102. The highest BCUT2D eigenvalue weighted by Gasteiger charge is 2.17. The highest BCUT2D eigenvalue weighted by Crippen LogP contribution is 2.23. The number of nitrogens with one attached hydrogen (secondary N) is 1. The number of pyridine rings is 1. The van der Waals surface area contributed by atoms with E-state index < -0.39 is 5.91 Å². The van der Waals surface area contributed by atoms with Crippen LogP contribution >= 0.6 is 11.6 Å². The second-order valence-electron chi connectivity index (χ2n) is 5.61. The number of amides is 1. The first-order valence-corrected chi connectivity index (χ1v) is 7.93. The molecule has 3 rings (SSSR count). The molecule has 2 heterocycles. The van der Waals surface area contributed by atoms with Crippen molar-refractivity contribution in [2.24, 2.45) is 0 Å². The Labute approximate surface area is 149 Å². The number of halogens is 1. The molecule has 0 unspecified atom stereocenters. The van der Waals surface area contributed by atoms with Crippen molar-refractivity contribution >= 4 is 28.8 Å². The van der Waals surface area contributed by atoms with Gasteiger partial charge in [0, 0.05) is 11.2 Å². The van der Waals surface area contributed by atoms with Crippen molar-refractivity contribution in [3.63, 3.8) is 0 Å². The summed E-state index contributed by atoms with van der Waals surface area (Å²) in [6.45, 7) is 3.59. The van der Waals surface area contributed by atoms with E-state index in [1.54, 1.807) is 37.4 Å². The molecule has 0 bridgehead atoms. The number of hydrogen-bond donors (Lipinski definition) is 1. The molecule has 0 fully saturated rings. The average molecular weight is 358 g/mol. The van der Waals surface area contributed by atoms with Crippen LogP contribution in [0.3, 0.4) is 0 Å². The summed E-state index contributed by atoms with van der Waals surface area (Å²) in [4.78, 5) is 29.7. The lowest BCUT2D eigenvalue weighted by Gasteiger charge is -2.12. The minimum atomic E-state index is -0.492. The molecular weight excluding hydrogens is 342 g/mol. The summed E-state index contributed by atoms with van der Waals surface area (Å²) in [5.74, 6) is -0.127. The zero-order chi connectivity index (χ0) is 18.1. The molecule has 1 aromatic carbocycles. The van der Waals surface area contributed by atoms with Crippen LogP contribution in [0.5, 0.6) is 5.75 Å². The Morgan fingerprint density at radius 2 is 2.00 bits per heavy atom. The van der Waals surface area contributed by atoms with Crippen molar-refractivity contribution in [3.8, 4) is 5.75 Å². The van der Waals surface area contributed by atoms with E-state index in [1.807, 2.05) is 6.92 Å². The van der Waals surface area contributed by atoms with Crippen LogP contribution in [0.2, 0.25) is 5.02 Å². The van der Waals surface area contributed by atoms with E-state index in [1.165, 1.54) is 17.6 Å². The van der Waals surface area contributed by atoms with Gasteiger partial charge < -0.3 is 10.1 Å². The molecule has 0 saturated heterocycles. The van der Waals surface area contributed by atoms with Crippen LogP contribution in [0.15, 0.2) is 41.3 Å². The molecule has 6 nitrogen and oxygen atoms in total. The Bertz CT molecular complexity index is 1040. The zero-order valence-corrected chi connectivity index (χ0v) is 14.7. The normalized spacial score (nSPS) is 10.7. The van der Waals surface area contributed by atoms with Gasteiger partial charge in [0.15, 0.2) is 0 Å². The molecule has 0 aliphatic heterocycles. The summed E-state index contributed by atoms with van der Waals surface area (Å²) in [5.41, 5.74) is 1.96. The van der Waals surface area contributed by atoms with Crippen LogP contribution in [0.25, 0.3) is 5.65 Å². The lowest BCUT2D eigenvalue weighted by Crippen LogP contribution is -2.25. The topological polar surface area (TPSA) is 72.7 Å². The van der Waals surface area contributed by atoms with E-state index in [9.17, 15) is 9.59 Å². The fourth-order valence-electron chi connectivity index (χ4n) is 2.53. The van der Waals surface area contributed by atoms with Crippen LogP contribution in [-0.2, 0) is 0 Å². The summed E-state index contributed by atoms with van der Waals surface area (Å²) in [7, 11) is 1.46. The quantitative estimate of drug-likeness (QED) is 0.781. The second-order valence-corrected chi connectivity index (χ2v) is 6.04. The Morgan fingerprint density at radius 1 is 1.24 bits per heavy atom. The molecule has 7 heteroatoms. The van der Waals surface area contributed by atoms with E-state index in [-0.39, 0.29) is 16.8 Å². The van der Waals surface area contributed by atoms with Gasteiger partial charge in [-0.15, -0.1) is 0 Å². The predicted octanol–water partition coefficient (Wildman–Crippen LogP) is 3.23. The number of rotatable bonds is 3. The lowest BCUT2D eigenvalue weighted by atomic mass is 10.2. The molecule has 0 aliphatic rings. The van der Waals surface area contributed by atoms with E-state index in [0.717, 1.165) is 5.56 Å². The van der Waals surface area contributed by atoms with Gasteiger partial charge in [-0.1, -0.05) is 11.6 Å². The summed E-state index contributed by atoms with van der Waals surface area (Å²) in [6.07, 6.45) is 1.63. The van der Waals surface area contributed by atoms with Crippen LogP contribution in [0.1, 0.15) is 21.6 Å². The fraction of sp³-hybridized carbons (Fsp3) is 0.167. The smallest absolute Gasteiger partial charge is 0.281 e. The number of methoxy groups -OCH3 is 1. The second kappa shape index (κ2) is 6.57. The van der Waals surface area contributed by atoms with Gasteiger partial charge in [-0.2, -0.15) is 0 Å². The maximum atomic E-state index is 12.7. The van der Waals surface area contributed by atoms with Crippen molar-refractivity contribution in [1.82, 2.24) is 9.38 Å². The Kier molecular flexibility index (Phi) is 4.46. The third-order valence-electron chi connectivity index (χ3n) is 3.81. The van der Waals surface area contributed by atoms with Crippen LogP contribution < -0.4 is 15.6 Å². The molecule has 0 saturated carbocycles. The summed E-state index contributed by atoms with van der Waals surface area (Å²) in [5, 5.41) is 3.02. The van der Waals surface area contributed by atoms with E-state index in [4.69, 9.17) is 16.3 Å². The third-order valence-corrected chi connectivity index (χ3v) is 4.05. The van der Waals surface area contributed by atoms with Crippen molar-refractivity contribution in [2.45, 2.75) is 13.8 Å². The largest absolute Gasteiger partial charge is 0.496 e. The summed E-state index contributed by atoms with van der Waals surface area (Å²) >= 11 is 5.96. The number of nitrogens with zero attached hydrogens (tertiary/aromatic N) is 2. The average Bonchev–Trinajstić information content (AvgIpc) is 2.58. The van der Waals surface area contributed by atoms with Gasteiger partial charge in [-0.25, -0.2) is 4.98 Å². The molecule has 3 aromatic rings. The number of ether oxygens (including phenoxy) is 1. The van der Waals surface area contributed by atoms with E-state index in [2.05, 4.69) is 10.3 Å². The van der Waals surface area contributed by atoms with Gasteiger partial charge in [0.2, 0.25) is 0 Å². The standard InChI is InChI=1S/C18H16ClN3O3/c1-10-6-7-22-15(8-10)20-11(2)16(18(22)24)21-17(23)13-9-12(19)4-5-14(13)25-3/h4-9H,1-3H3,(H,21,23). The number of anilines is 1. The van der Waals surface area contributed by atoms with Gasteiger partial charge >= 0.3 is 0 Å². The monoisotopic (exact) mass is 357 g/mol. The molecule has 2 aromatic heterocycles.